The molecule has 0 atom stereocenters. The fraction of sp³-hybridized carbons (Fsp3) is 0.121. The molecule has 0 bridgehead atoms. The molecule has 0 spiro atoms. The van der Waals surface area contributed by atoms with Gasteiger partial charge in [0.15, 0.2) is 0 Å². The SMILES string of the molecule is COc1cc(-c2csc3c(C=CCNCc4ccncc4)cnc(N)c23)ccc1NC(=O)c1cc2ccccc2n1C. The van der Waals surface area contributed by atoms with E-state index in [0.717, 1.165) is 50.8 Å². The number of nitrogens with zero attached hydrogens (tertiary/aromatic N) is 3. The Morgan fingerprint density at radius 2 is 1.95 bits per heavy atom. The first-order valence-corrected chi connectivity index (χ1v) is 14.4. The quantitative estimate of drug-likeness (QED) is 0.170. The summed E-state index contributed by atoms with van der Waals surface area (Å²) in [6, 6.07) is 19.5. The van der Waals surface area contributed by atoms with E-state index in [1.807, 2.05) is 78.5 Å². The molecule has 0 aliphatic heterocycles. The van der Waals surface area contributed by atoms with Gasteiger partial charge in [0, 0.05) is 70.8 Å². The maximum absolute atomic E-state index is 13.2. The van der Waals surface area contributed by atoms with E-state index in [1.54, 1.807) is 30.8 Å². The summed E-state index contributed by atoms with van der Waals surface area (Å²) in [5, 5.41) is 10.4. The summed E-state index contributed by atoms with van der Waals surface area (Å²) in [5.41, 5.74) is 12.6. The monoisotopic (exact) mass is 574 g/mol. The van der Waals surface area contributed by atoms with E-state index in [9.17, 15) is 4.79 Å². The molecule has 4 heterocycles. The van der Waals surface area contributed by atoms with Gasteiger partial charge >= 0.3 is 0 Å². The Hall–Kier alpha value is -4.99. The second-order valence-corrected chi connectivity index (χ2v) is 10.7. The van der Waals surface area contributed by atoms with Crippen molar-refractivity contribution >= 4 is 55.8 Å². The first-order chi connectivity index (χ1) is 20.5. The molecule has 2 aromatic carbocycles. The summed E-state index contributed by atoms with van der Waals surface area (Å²) in [6.45, 7) is 1.49. The molecule has 0 radical (unpaired) electrons. The molecule has 0 aliphatic carbocycles. The van der Waals surface area contributed by atoms with Gasteiger partial charge in [0.25, 0.3) is 5.91 Å². The summed E-state index contributed by atoms with van der Waals surface area (Å²) < 4.78 is 8.65. The molecule has 1 amide bonds. The van der Waals surface area contributed by atoms with E-state index in [1.165, 1.54) is 5.56 Å². The molecule has 0 saturated heterocycles. The van der Waals surface area contributed by atoms with Crippen molar-refractivity contribution in [3.63, 3.8) is 0 Å². The number of amides is 1. The number of hydrogen-bond acceptors (Lipinski definition) is 7. The lowest BCUT2D eigenvalue weighted by molar-refractivity contribution is 0.101. The van der Waals surface area contributed by atoms with Gasteiger partial charge in [-0.3, -0.25) is 9.78 Å². The summed E-state index contributed by atoms with van der Waals surface area (Å²) in [4.78, 5) is 21.8. The minimum absolute atomic E-state index is 0.208. The zero-order chi connectivity index (χ0) is 29.1. The van der Waals surface area contributed by atoms with Crippen LogP contribution in [0.2, 0.25) is 0 Å². The number of para-hydroxylation sites is 1. The minimum Gasteiger partial charge on any atom is -0.495 e. The Kier molecular flexibility index (Phi) is 7.68. The van der Waals surface area contributed by atoms with Crippen molar-refractivity contribution in [2.75, 3.05) is 24.7 Å². The van der Waals surface area contributed by atoms with Gasteiger partial charge in [-0.2, -0.15) is 0 Å². The minimum atomic E-state index is -0.208. The maximum atomic E-state index is 13.2. The molecule has 0 saturated carbocycles. The number of pyridine rings is 2. The third kappa shape index (κ3) is 5.35. The lowest BCUT2D eigenvalue weighted by Gasteiger charge is -2.13. The van der Waals surface area contributed by atoms with Crippen LogP contribution in [0.15, 0.2) is 90.7 Å². The number of nitrogens with one attached hydrogen (secondary N) is 2. The predicted molar refractivity (Wildman–Crippen MR) is 172 cm³/mol. The molecule has 6 rings (SSSR count). The third-order valence-electron chi connectivity index (χ3n) is 7.24. The number of carbonyl (C=O) groups is 1. The van der Waals surface area contributed by atoms with Crippen molar-refractivity contribution in [3.05, 3.63) is 108 Å². The number of nitrogen functional groups attached to an aromatic ring is 1. The first-order valence-electron chi connectivity index (χ1n) is 13.5. The van der Waals surface area contributed by atoms with Crippen molar-refractivity contribution in [1.82, 2.24) is 19.9 Å². The highest BCUT2D eigenvalue weighted by atomic mass is 32.1. The Morgan fingerprint density at radius 1 is 1.12 bits per heavy atom. The second kappa shape index (κ2) is 11.9. The highest BCUT2D eigenvalue weighted by Gasteiger charge is 2.18. The van der Waals surface area contributed by atoms with E-state index in [0.29, 0.717) is 22.9 Å². The Labute approximate surface area is 247 Å². The Bertz CT molecular complexity index is 1930. The lowest BCUT2D eigenvalue weighted by atomic mass is 10.0. The average molecular weight is 575 g/mol. The van der Waals surface area contributed by atoms with Gasteiger partial charge in [-0.1, -0.05) is 36.4 Å². The van der Waals surface area contributed by atoms with Crippen LogP contribution in [0.3, 0.4) is 0 Å². The van der Waals surface area contributed by atoms with Crippen molar-refractivity contribution < 1.29 is 9.53 Å². The summed E-state index contributed by atoms with van der Waals surface area (Å²) in [7, 11) is 3.49. The fourth-order valence-electron chi connectivity index (χ4n) is 5.06. The molecule has 9 heteroatoms. The highest BCUT2D eigenvalue weighted by Crippen LogP contribution is 2.41. The van der Waals surface area contributed by atoms with Crippen LogP contribution in [-0.2, 0) is 13.6 Å². The van der Waals surface area contributed by atoms with E-state index in [4.69, 9.17) is 10.5 Å². The molecule has 6 aromatic rings. The van der Waals surface area contributed by atoms with Crippen LogP contribution in [0.5, 0.6) is 5.75 Å². The zero-order valence-corrected chi connectivity index (χ0v) is 24.1. The molecule has 210 valence electrons. The van der Waals surface area contributed by atoms with Gasteiger partial charge in [0.05, 0.1) is 12.8 Å². The molecule has 4 aromatic heterocycles. The van der Waals surface area contributed by atoms with Gasteiger partial charge < -0.3 is 25.7 Å². The fourth-order valence-corrected chi connectivity index (χ4v) is 6.14. The Balaban J connectivity index is 1.23. The van der Waals surface area contributed by atoms with Gasteiger partial charge in [-0.25, -0.2) is 4.98 Å². The van der Waals surface area contributed by atoms with E-state index < -0.39 is 0 Å². The van der Waals surface area contributed by atoms with Crippen LogP contribution in [0.25, 0.3) is 38.2 Å². The highest BCUT2D eigenvalue weighted by molar-refractivity contribution is 7.18. The smallest absolute Gasteiger partial charge is 0.272 e. The number of benzene rings is 2. The average Bonchev–Trinajstić information content (AvgIpc) is 3.61. The second-order valence-electron chi connectivity index (χ2n) is 9.86. The molecule has 0 fully saturated rings. The number of aryl methyl sites for hydroxylation is 1. The van der Waals surface area contributed by atoms with Crippen molar-refractivity contribution in [2.45, 2.75) is 6.54 Å². The molecule has 0 aliphatic rings. The molecular weight excluding hydrogens is 544 g/mol. The van der Waals surface area contributed by atoms with Crippen LogP contribution in [-0.4, -0.2) is 34.1 Å². The van der Waals surface area contributed by atoms with Crippen LogP contribution >= 0.6 is 11.3 Å². The number of carbonyl (C=O) groups excluding carboxylic acids is 1. The Morgan fingerprint density at radius 3 is 2.76 bits per heavy atom. The normalized spacial score (nSPS) is 11.5. The molecule has 42 heavy (non-hydrogen) atoms. The van der Waals surface area contributed by atoms with Crippen LogP contribution in [0.4, 0.5) is 11.5 Å². The number of ether oxygens (including phenoxy) is 1. The summed E-state index contributed by atoms with van der Waals surface area (Å²) in [6.07, 6.45) is 9.56. The van der Waals surface area contributed by atoms with E-state index in [2.05, 4.69) is 38.1 Å². The van der Waals surface area contributed by atoms with Crippen LogP contribution in [0.1, 0.15) is 21.6 Å². The predicted octanol–water partition coefficient (Wildman–Crippen LogP) is 6.50. The van der Waals surface area contributed by atoms with Gasteiger partial charge in [0.2, 0.25) is 0 Å². The number of rotatable bonds is 9. The first kappa shape index (κ1) is 27.2. The number of anilines is 2. The number of fused-ring (bicyclic) bond motifs is 2. The molecule has 4 N–H and O–H groups in total. The summed E-state index contributed by atoms with van der Waals surface area (Å²) in [5.74, 6) is 0.823. The summed E-state index contributed by atoms with van der Waals surface area (Å²) >= 11 is 1.63. The number of aromatic nitrogens is 3. The maximum Gasteiger partial charge on any atom is 0.272 e. The molecule has 8 nitrogen and oxygen atoms in total. The van der Waals surface area contributed by atoms with Crippen molar-refractivity contribution in [1.29, 1.82) is 0 Å². The van der Waals surface area contributed by atoms with Gasteiger partial charge in [-0.15, -0.1) is 11.3 Å². The molecular formula is C33H30N6O2S. The van der Waals surface area contributed by atoms with E-state index in [-0.39, 0.29) is 5.91 Å². The number of hydrogen-bond donors (Lipinski definition) is 3. The van der Waals surface area contributed by atoms with Gasteiger partial charge in [-0.05, 0) is 52.9 Å². The lowest BCUT2D eigenvalue weighted by Crippen LogP contribution is -2.16. The third-order valence-corrected chi connectivity index (χ3v) is 8.26. The van der Waals surface area contributed by atoms with Gasteiger partial charge in [0.1, 0.15) is 17.3 Å². The van der Waals surface area contributed by atoms with Crippen LogP contribution < -0.4 is 21.1 Å². The van der Waals surface area contributed by atoms with Crippen molar-refractivity contribution in [2.24, 2.45) is 7.05 Å². The van der Waals surface area contributed by atoms with Crippen molar-refractivity contribution in [3.8, 4) is 16.9 Å². The largest absolute Gasteiger partial charge is 0.495 e. The number of thiophene rings is 1. The van der Waals surface area contributed by atoms with E-state index >= 15 is 0 Å². The standard InChI is InChI=1S/C33H30N6O2S/c1-39-27-8-4-3-6-23(27)16-28(39)33(40)38-26-10-9-22(17-29(26)41-2)25-20-42-31-24(19-37-32(34)30(25)31)7-5-13-36-18-21-11-14-35-15-12-21/h3-12,14-17,19-20,36H,13,18H2,1-2H3,(H2,34,37)(H,38,40). The van der Waals surface area contributed by atoms with Crippen LogP contribution in [0, 0.1) is 0 Å². The topological polar surface area (TPSA) is 107 Å². The zero-order valence-electron chi connectivity index (χ0n) is 23.3. The molecule has 0 unspecified atom stereocenters. The number of methoxy groups -OCH3 is 1. The number of nitrogens with two attached hydrogens (primary N) is 1.